The van der Waals surface area contributed by atoms with E-state index in [9.17, 15) is 5.21 Å². The van der Waals surface area contributed by atoms with Crippen molar-refractivity contribution in [2.45, 2.75) is 58.0 Å². The lowest BCUT2D eigenvalue weighted by Gasteiger charge is -2.53. The molecule has 0 bridgehead atoms. The number of hydrogen-bond donors (Lipinski definition) is 0. The summed E-state index contributed by atoms with van der Waals surface area (Å²) in [6, 6.07) is 7.97. The van der Waals surface area contributed by atoms with E-state index < -0.39 is 0 Å². The number of nitrogens with zero attached hydrogens (tertiary/aromatic N) is 2. The van der Waals surface area contributed by atoms with Crippen LogP contribution in [0.5, 0.6) is 0 Å². The fourth-order valence-electron chi connectivity index (χ4n) is 3.46. The van der Waals surface area contributed by atoms with Crippen molar-refractivity contribution in [1.82, 2.24) is 0 Å². The minimum absolute atomic E-state index is 0.0187. The number of hydroxylamine groups is 1. The normalized spacial score (nSPS) is 22.9. The first kappa shape index (κ1) is 14.5. The number of fused-ring (bicyclic) bond motifs is 1. The van der Waals surface area contributed by atoms with E-state index in [-0.39, 0.29) is 11.6 Å². The minimum atomic E-state index is -0.0283. The molecule has 3 rings (SSSR count). The summed E-state index contributed by atoms with van der Waals surface area (Å²) in [7, 11) is 0. The summed E-state index contributed by atoms with van der Waals surface area (Å²) in [4.78, 5) is 2.39. The van der Waals surface area contributed by atoms with Gasteiger partial charge in [-0.25, -0.2) is 0 Å². The van der Waals surface area contributed by atoms with Crippen molar-refractivity contribution in [3.63, 3.8) is 0 Å². The van der Waals surface area contributed by atoms with Crippen LogP contribution in [0.15, 0.2) is 35.9 Å². The van der Waals surface area contributed by atoms with Gasteiger partial charge in [-0.05, 0) is 58.6 Å². The monoisotopic (exact) mass is 285 g/mol. The van der Waals surface area contributed by atoms with Crippen molar-refractivity contribution < 1.29 is 0 Å². The molecule has 0 saturated heterocycles. The average Bonchev–Trinajstić information content (AvgIpc) is 2.47. The standard InChI is InChI=1S/C18H25N2O/c1-18(2,3)19-13-17(14-9-5-4-6-10-14)20(21)16-12-8-7-11-15(16)19/h7-9,11-12,17H,4-6,10,13H2,1-3H3/q-1. The van der Waals surface area contributed by atoms with Gasteiger partial charge in [0.1, 0.15) is 0 Å². The van der Waals surface area contributed by atoms with Crippen molar-refractivity contribution >= 4 is 11.4 Å². The molecule has 0 spiro atoms. The molecule has 1 aliphatic carbocycles. The van der Waals surface area contributed by atoms with E-state index in [1.807, 2.05) is 18.2 Å². The summed E-state index contributed by atoms with van der Waals surface area (Å²) >= 11 is 0. The summed E-state index contributed by atoms with van der Waals surface area (Å²) in [6.07, 6.45) is 6.97. The van der Waals surface area contributed by atoms with E-state index in [1.165, 1.54) is 23.5 Å². The first-order chi connectivity index (χ1) is 9.98. The van der Waals surface area contributed by atoms with Crippen LogP contribution in [0.2, 0.25) is 0 Å². The third-order valence-electron chi connectivity index (χ3n) is 4.61. The van der Waals surface area contributed by atoms with Gasteiger partial charge in [0.15, 0.2) is 0 Å². The zero-order chi connectivity index (χ0) is 15.0. The zero-order valence-corrected chi connectivity index (χ0v) is 13.3. The number of benzene rings is 1. The highest BCUT2D eigenvalue weighted by atomic mass is 16.5. The lowest BCUT2D eigenvalue weighted by molar-refractivity contribution is 0.469. The largest absolute Gasteiger partial charge is 0.758 e. The van der Waals surface area contributed by atoms with Crippen LogP contribution in [0.25, 0.3) is 0 Å². The minimum Gasteiger partial charge on any atom is -0.758 e. The van der Waals surface area contributed by atoms with Crippen LogP contribution in [0.3, 0.4) is 0 Å². The summed E-state index contributed by atoms with van der Waals surface area (Å²) in [5.41, 5.74) is 3.23. The van der Waals surface area contributed by atoms with Crippen LogP contribution in [0.1, 0.15) is 46.5 Å². The molecule has 114 valence electrons. The molecule has 0 amide bonds. The second kappa shape index (κ2) is 5.38. The maximum atomic E-state index is 12.8. The Labute approximate surface area is 127 Å². The number of hydrogen-bond acceptors (Lipinski definition) is 3. The van der Waals surface area contributed by atoms with E-state index in [0.29, 0.717) is 0 Å². The molecule has 3 nitrogen and oxygen atoms in total. The van der Waals surface area contributed by atoms with Gasteiger partial charge < -0.3 is 15.2 Å². The van der Waals surface area contributed by atoms with Gasteiger partial charge in [0.25, 0.3) is 0 Å². The van der Waals surface area contributed by atoms with Gasteiger partial charge in [-0.2, -0.15) is 0 Å². The zero-order valence-electron chi connectivity index (χ0n) is 13.3. The maximum Gasteiger partial charge on any atom is 0.0601 e. The molecule has 1 aliphatic heterocycles. The van der Waals surface area contributed by atoms with Gasteiger partial charge in [0.05, 0.1) is 17.4 Å². The van der Waals surface area contributed by atoms with Crippen molar-refractivity contribution in [2.75, 3.05) is 16.5 Å². The second-order valence-corrected chi connectivity index (χ2v) is 7.14. The highest BCUT2D eigenvalue weighted by Crippen LogP contribution is 2.41. The van der Waals surface area contributed by atoms with Crippen LogP contribution in [0.4, 0.5) is 11.4 Å². The van der Waals surface area contributed by atoms with E-state index in [2.05, 4.69) is 37.8 Å². The van der Waals surface area contributed by atoms with Crippen LogP contribution in [-0.4, -0.2) is 18.1 Å². The predicted molar refractivity (Wildman–Crippen MR) is 89.7 cm³/mol. The maximum absolute atomic E-state index is 12.8. The Morgan fingerprint density at radius 3 is 2.43 bits per heavy atom. The Kier molecular flexibility index (Phi) is 3.70. The summed E-state index contributed by atoms with van der Waals surface area (Å²) in [5.74, 6) is 0. The third-order valence-corrected chi connectivity index (χ3v) is 4.61. The molecule has 0 fully saturated rings. The summed E-state index contributed by atoms with van der Waals surface area (Å²) < 4.78 is 0. The Bertz CT molecular complexity index is 544. The van der Waals surface area contributed by atoms with Crippen molar-refractivity contribution in [3.8, 4) is 0 Å². The van der Waals surface area contributed by atoms with Crippen LogP contribution >= 0.6 is 0 Å². The Hall–Kier alpha value is -1.48. The Balaban J connectivity index is 2.01. The quantitative estimate of drug-likeness (QED) is 0.713. The van der Waals surface area contributed by atoms with Crippen LogP contribution in [0, 0.1) is 5.21 Å². The van der Waals surface area contributed by atoms with Gasteiger partial charge in [0.2, 0.25) is 0 Å². The van der Waals surface area contributed by atoms with Gasteiger partial charge >= 0.3 is 0 Å². The predicted octanol–water partition coefficient (Wildman–Crippen LogP) is 4.48. The smallest absolute Gasteiger partial charge is 0.0601 e. The lowest BCUT2D eigenvalue weighted by Crippen LogP contribution is -2.54. The van der Waals surface area contributed by atoms with Crippen LogP contribution in [-0.2, 0) is 0 Å². The molecule has 1 heterocycles. The summed E-state index contributed by atoms with van der Waals surface area (Å²) in [6.45, 7) is 7.44. The first-order valence-corrected chi connectivity index (χ1v) is 8.00. The van der Waals surface area contributed by atoms with Gasteiger partial charge in [0, 0.05) is 12.1 Å². The molecule has 3 heteroatoms. The fourth-order valence-corrected chi connectivity index (χ4v) is 3.46. The molecule has 1 atom stereocenters. The topological polar surface area (TPSA) is 29.5 Å². The SMILES string of the molecule is CC(C)(C)N1CC(C2=CCCCC2)N([O-])c2ccccc21. The molecule has 0 saturated carbocycles. The van der Waals surface area contributed by atoms with E-state index >= 15 is 0 Å². The van der Waals surface area contributed by atoms with Crippen LogP contribution < -0.4 is 9.96 Å². The number of anilines is 2. The van der Waals surface area contributed by atoms with Gasteiger partial charge in [-0.3, -0.25) is 0 Å². The van der Waals surface area contributed by atoms with E-state index in [4.69, 9.17) is 0 Å². The average molecular weight is 285 g/mol. The highest BCUT2D eigenvalue weighted by molar-refractivity contribution is 5.76. The molecular weight excluding hydrogens is 260 g/mol. The van der Waals surface area contributed by atoms with Crippen molar-refractivity contribution in [3.05, 3.63) is 41.1 Å². The molecule has 1 unspecified atom stereocenters. The van der Waals surface area contributed by atoms with Crippen molar-refractivity contribution in [1.29, 1.82) is 0 Å². The molecule has 1 aromatic carbocycles. The lowest BCUT2D eigenvalue weighted by atomic mass is 9.90. The Morgan fingerprint density at radius 2 is 1.81 bits per heavy atom. The fraction of sp³-hybridized carbons (Fsp3) is 0.556. The van der Waals surface area contributed by atoms with Gasteiger partial charge in [-0.1, -0.05) is 23.8 Å². The number of para-hydroxylation sites is 2. The number of rotatable bonds is 1. The molecule has 1 aromatic rings. The van der Waals surface area contributed by atoms with E-state index in [0.717, 1.165) is 30.8 Å². The Morgan fingerprint density at radius 1 is 1.10 bits per heavy atom. The molecule has 2 aliphatic rings. The third kappa shape index (κ3) is 2.67. The van der Waals surface area contributed by atoms with E-state index in [1.54, 1.807) is 0 Å². The molecule has 0 radical (unpaired) electrons. The second-order valence-electron chi connectivity index (χ2n) is 7.14. The summed E-state index contributed by atoms with van der Waals surface area (Å²) in [5, 5.41) is 14.1. The van der Waals surface area contributed by atoms with Gasteiger partial charge in [-0.15, -0.1) is 0 Å². The highest BCUT2D eigenvalue weighted by Gasteiger charge is 2.33. The molecular formula is C18H25N2O-. The molecule has 0 N–H and O–H groups in total. The van der Waals surface area contributed by atoms with Crippen molar-refractivity contribution in [2.24, 2.45) is 0 Å². The number of allylic oxidation sites excluding steroid dienone is 1. The molecule has 0 aromatic heterocycles. The first-order valence-electron chi connectivity index (χ1n) is 8.00. The molecule has 21 heavy (non-hydrogen) atoms.